The summed E-state index contributed by atoms with van der Waals surface area (Å²) in [4.78, 5) is 46.8. The topological polar surface area (TPSA) is 109 Å². The van der Waals surface area contributed by atoms with Crippen molar-refractivity contribution < 1.29 is 32.7 Å². The largest absolute Gasteiger partial charge is 0.490 e. The average Bonchev–Trinajstić information content (AvgIpc) is 3.54. The molecule has 0 radical (unpaired) electrons. The number of aliphatic carboxylic acids is 1. The number of nitrogens with zero attached hydrogens (tertiary/aromatic N) is 3. The number of alkyl halides is 3. The first-order chi connectivity index (χ1) is 24.2. The molecule has 3 heterocycles. The van der Waals surface area contributed by atoms with Gasteiger partial charge in [0.05, 0.1) is 0 Å². The van der Waals surface area contributed by atoms with Gasteiger partial charge in [-0.1, -0.05) is 67.1 Å². The number of rotatable bonds is 7. The van der Waals surface area contributed by atoms with Crippen molar-refractivity contribution in [2.24, 2.45) is 5.92 Å². The van der Waals surface area contributed by atoms with Gasteiger partial charge in [-0.05, 0) is 86.1 Å². The summed E-state index contributed by atoms with van der Waals surface area (Å²) in [5.41, 5.74) is 5.30. The molecule has 3 amide bonds. The van der Waals surface area contributed by atoms with E-state index in [0.717, 1.165) is 53.5 Å². The molecule has 9 nitrogen and oxygen atoms in total. The smallest absolute Gasteiger partial charge is 0.475 e. The number of urea groups is 1. The number of benzene rings is 3. The van der Waals surface area contributed by atoms with Crippen molar-refractivity contribution >= 4 is 46.1 Å². The van der Waals surface area contributed by atoms with Crippen LogP contribution in [0.3, 0.4) is 0 Å². The second-order valence-electron chi connectivity index (χ2n) is 13.5. The molecule has 2 unspecified atom stereocenters. The molecule has 1 fully saturated rings. The molecule has 51 heavy (non-hydrogen) atoms. The number of halogens is 4. The Kier molecular flexibility index (Phi) is 12.0. The second kappa shape index (κ2) is 16.2. The minimum absolute atomic E-state index is 0.0951. The Bertz CT molecular complexity index is 1830. The fourth-order valence-corrected chi connectivity index (χ4v) is 7.34. The highest BCUT2D eigenvalue weighted by atomic mass is 35.5. The van der Waals surface area contributed by atoms with Gasteiger partial charge in [-0.25, -0.2) is 9.59 Å². The first-order valence-electron chi connectivity index (χ1n) is 16.9. The summed E-state index contributed by atoms with van der Waals surface area (Å²) in [6.45, 7) is 4.79. The summed E-state index contributed by atoms with van der Waals surface area (Å²) in [5, 5.41) is 12.1. The third-order valence-electron chi connectivity index (χ3n) is 9.62. The molecule has 0 saturated carbocycles. The van der Waals surface area contributed by atoms with Crippen molar-refractivity contribution in [1.29, 1.82) is 0 Å². The summed E-state index contributed by atoms with van der Waals surface area (Å²) in [6.07, 6.45) is -0.448. The van der Waals surface area contributed by atoms with E-state index in [9.17, 15) is 22.8 Å². The number of piperidine rings is 1. The van der Waals surface area contributed by atoms with Crippen LogP contribution in [-0.2, 0) is 16.0 Å². The minimum Gasteiger partial charge on any atom is -0.475 e. The molecule has 3 N–H and O–H groups in total. The van der Waals surface area contributed by atoms with Gasteiger partial charge < -0.3 is 30.1 Å². The Hall–Kier alpha value is -4.55. The van der Waals surface area contributed by atoms with Crippen LogP contribution in [0.2, 0.25) is 5.02 Å². The molecule has 0 spiro atoms. The average molecular weight is 726 g/mol. The lowest BCUT2D eigenvalue weighted by atomic mass is 9.88. The molecule has 3 atom stereocenters. The predicted molar refractivity (Wildman–Crippen MR) is 192 cm³/mol. The number of aromatic amines is 1. The van der Waals surface area contributed by atoms with Crippen molar-refractivity contribution in [2.75, 3.05) is 45.2 Å². The third kappa shape index (κ3) is 9.22. The van der Waals surface area contributed by atoms with Crippen LogP contribution in [-0.4, -0.2) is 90.3 Å². The number of carboxylic acid groups (broad SMARTS) is 1. The number of H-pyrrole nitrogens is 1. The van der Waals surface area contributed by atoms with Crippen molar-refractivity contribution in [3.8, 4) is 0 Å². The van der Waals surface area contributed by atoms with E-state index < -0.39 is 18.2 Å². The maximum Gasteiger partial charge on any atom is 0.490 e. The number of nitrogens with one attached hydrogen (secondary N) is 2. The molecular formula is C38H43ClF3N5O4. The normalized spacial score (nSPS) is 17.7. The molecule has 1 aromatic heterocycles. The lowest BCUT2D eigenvalue weighted by Gasteiger charge is -2.39. The Morgan fingerprint density at radius 1 is 1.02 bits per heavy atom. The zero-order valence-corrected chi connectivity index (χ0v) is 29.5. The van der Waals surface area contributed by atoms with Crippen LogP contribution in [0.5, 0.6) is 0 Å². The third-order valence-corrected chi connectivity index (χ3v) is 9.86. The fourth-order valence-electron chi connectivity index (χ4n) is 7.14. The van der Waals surface area contributed by atoms with E-state index in [1.807, 2.05) is 65.4 Å². The lowest BCUT2D eigenvalue weighted by molar-refractivity contribution is -0.192. The van der Waals surface area contributed by atoms with Crippen LogP contribution >= 0.6 is 11.6 Å². The fraction of sp³-hybridized carbons (Fsp3) is 0.395. The first-order valence-corrected chi connectivity index (χ1v) is 17.3. The summed E-state index contributed by atoms with van der Waals surface area (Å²) >= 11 is 6.42. The minimum atomic E-state index is -5.08. The van der Waals surface area contributed by atoms with Crippen molar-refractivity contribution in [3.05, 3.63) is 101 Å². The monoisotopic (exact) mass is 725 g/mol. The number of aromatic nitrogens is 1. The SMILES string of the molecule is CC(c1c[nH]c2ccccc12)C(NC(=O)N1CCC(c2ccccc2)CC1)C(=O)N1C[C@@H](CN(C)C)Cc2cc(Cl)ccc21.O=C(O)C(F)(F)F. The molecule has 3 aromatic carbocycles. The number of carbonyl (C=O) groups is 3. The van der Waals surface area contributed by atoms with Gasteiger partial charge in [0.15, 0.2) is 0 Å². The summed E-state index contributed by atoms with van der Waals surface area (Å²) in [5.74, 6) is -2.44. The number of carbonyl (C=O) groups excluding carboxylic acids is 2. The van der Waals surface area contributed by atoms with Crippen LogP contribution < -0.4 is 10.2 Å². The number of carboxylic acids is 1. The Balaban J connectivity index is 0.000000654. The standard InChI is InChI=1S/C36H42ClN5O2.C2HF3O2/c1-24(31-21-38-32-12-8-7-11-30(31)32)34(39-36(44)41-17-15-27(16-18-41)26-9-5-4-6-10-26)35(43)42-23-25(22-40(2)3)19-28-20-29(37)13-14-33(28)42;3-2(4,5)1(6)7/h4-14,20-21,24-25,27,34,38H,15-19,22-23H2,1-3H3,(H,39,44);(H,6,7)/t24?,25-,34?;/m1./s1. The van der Waals surface area contributed by atoms with Crippen LogP contribution in [0.4, 0.5) is 23.7 Å². The molecule has 4 aromatic rings. The number of likely N-dealkylation sites (tertiary alicyclic amines) is 1. The number of anilines is 1. The molecular weight excluding hydrogens is 683 g/mol. The van der Waals surface area contributed by atoms with E-state index in [1.54, 1.807) is 0 Å². The molecule has 2 aliphatic rings. The molecule has 272 valence electrons. The number of amides is 3. The number of fused-ring (bicyclic) bond motifs is 2. The predicted octanol–water partition coefficient (Wildman–Crippen LogP) is 7.28. The number of hydrogen-bond acceptors (Lipinski definition) is 4. The van der Waals surface area contributed by atoms with E-state index >= 15 is 0 Å². The van der Waals surface area contributed by atoms with Gasteiger partial charge in [0.25, 0.3) is 0 Å². The quantitative estimate of drug-likeness (QED) is 0.186. The zero-order chi connectivity index (χ0) is 36.9. The van der Waals surface area contributed by atoms with Gasteiger partial charge in [0.2, 0.25) is 5.91 Å². The van der Waals surface area contributed by atoms with Gasteiger partial charge in [-0.2, -0.15) is 13.2 Å². The molecule has 1 saturated heterocycles. The lowest BCUT2D eigenvalue weighted by Crippen LogP contribution is -2.57. The highest BCUT2D eigenvalue weighted by molar-refractivity contribution is 6.30. The van der Waals surface area contributed by atoms with E-state index in [2.05, 4.69) is 59.6 Å². The van der Waals surface area contributed by atoms with E-state index in [4.69, 9.17) is 21.5 Å². The van der Waals surface area contributed by atoms with Gasteiger partial charge >= 0.3 is 18.2 Å². The maximum atomic E-state index is 14.7. The Morgan fingerprint density at radius 3 is 2.31 bits per heavy atom. The van der Waals surface area contributed by atoms with Gasteiger partial charge in [-0.15, -0.1) is 0 Å². The van der Waals surface area contributed by atoms with E-state index in [-0.39, 0.29) is 23.8 Å². The van der Waals surface area contributed by atoms with Crippen LogP contribution in [0.1, 0.15) is 48.3 Å². The second-order valence-corrected chi connectivity index (χ2v) is 14.0. The molecule has 2 aliphatic heterocycles. The Morgan fingerprint density at radius 2 is 1.67 bits per heavy atom. The van der Waals surface area contributed by atoms with E-state index in [1.165, 1.54) is 5.56 Å². The summed E-state index contributed by atoms with van der Waals surface area (Å²) in [7, 11) is 4.12. The van der Waals surface area contributed by atoms with E-state index in [0.29, 0.717) is 30.6 Å². The molecule has 6 rings (SSSR count). The molecule has 0 aliphatic carbocycles. The van der Waals surface area contributed by atoms with Crippen LogP contribution in [0.25, 0.3) is 10.9 Å². The van der Waals surface area contributed by atoms with Gasteiger partial charge in [0.1, 0.15) is 6.04 Å². The molecule has 13 heteroatoms. The number of hydrogen-bond donors (Lipinski definition) is 3. The summed E-state index contributed by atoms with van der Waals surface area (Å²) < 4.78 is 31.7. The Labute approximate surface area is 300 Å². The maximum absolute atomic E-state index is 14.7. The van der Waals surface area contributed by atoms with Crippen molar-refractivity contribution in [3.63, 3.8) is 0 Å². The van der Waals surface area contributed by atoms with Crippen molar-refractivity contribution in [2.45, 2.75) is 50.2 Å². The highest BCUT2D eigenvalue weighted by Gasteiger charge is 2.39. The first kappa shape index (κ1) is 37.7. The van der Waals surface area contributed by atoms with Gasteiger partial charge in [-0.3, -0.25) is 4.79 Å². The summed E-state index contributed by atoms with van der Waals surface area (Å²) in [6, 6.07) is 23.5. The van der Waals surface area contributed by atoms with Crippen molar-refractivity contribution in [1.82, 2.24) is 20.1 Å². The van der Waals surface area contributed by atoms with Gasteiger partial charge in [0, 0.05) is 59.9 Å². The van der Waals surface area contributed by atoms with Crippen LogP contribution in [0, 0.1) is 5.92 Å². The molecule has 0 bridgehead atoms. The van der Waals surface area contributed by atoms with Crippen LogP contribution in [0.15, 0.2) is 79.0 Å². The number of para-hydroxylation sites is 1. The zero-order valence-electron chi connectivity index (χ0n) is 28.8. The highest BCUT2D eigenvalue weighted by Crippen LogP contribution is 2.36.